The highest BCUT2D eigenvalue weighted by atomic mass is 32.2. The third-order valence-corrected chi connectivity index (χ3v) is 1.72. The smallest absolute Gasteiger partial charge is 0.322 e. The maximum Gasteiger partial charge on any atom is 0.322 e. The first kappa shape index (κ1) is 11.4. The monoisotopic (exact) mass is 195 g/mol. The van der Waals surface area contributed by atoms with Crippen molar-refractivity contribution < 1.29 is 17.9 Å². The number of unbranched alkanes of at least 4 members (excludes halogenated alkanes) is 1. The topological polar surface area (TPSA) is 86.5 Å². The SMILES string of the molecule is CCCCOC(=O)CS(N)(=O)=O. The van der Waals surface area contributed by atoms with E-state index in [9.17, 15) is 13.2 Å². The zero-order chi connectivity index (χ0) is 9.61. The summed E-state index contributed by atoms with van der Waals surface area (Å²) in [4.78, 5) is 10.7. The molecule has 0 radical (unpaired) electrons. The van der Waals surface area contributed by atoms with Gasteiger partial charge in [-0.1, -0.05) is 13.3 Å². The molecule has 0 aromatic carbocycles. The van der Waals surface area contributed by atoms with E-state index in [4.69, 9.17) is 0 Å². The van der Waals surface area contributed by atoms with Crippen LogP contribution >= 0.6 is 0 Å². The standard InChI is InChI=1S/C6H13NO4S/c1-2-3-4-11-6(8)5-12(7,9)10/h2-5H2,1H3,(H2,7,9,10). The second-order valence-corrected chi connectivity index (χ2v) is 4.00. The summed E-state index contributed by atoms with van der Waals surface area (Å²) in [6, 6.07) is 0. The molecule has 0 unspecified atom stereocenters. The first-order valence-corrected chi connectivity index (χ1v) is 5.33. The van der Waals surface area contributed by atoms with Crippen LogP contribution in [-0.4, -0.2) is 26.7 Å². The third-order valence-electron chi connectivity index (χ3n) is 1.08. The van der Waals surface area contributed by atoms with Crippen molar-refractivity contribution in [2.45, 2.75) is 19.8 Å². The van der Waals surface area contributed by atoms with Crippen LogP contribution < -0.4 is 5.14 Å². The molecule has 0 aromatic rings. The van der Waals surface area contributed by atoms with Crippen LogP contribution in [0.2, 0.25) is 0 Å². The minimum absolute atomic E-state index is 0.255. The molecule has 0 aliphatic rings. The molecule has 0 aromatic heterocycles. The van der Waals surface area contributed by atoms with Gasteiger partial charge in [0.2, 0.25) is 10.0 Å². The molecule has 72 valence electrons. The number of primary sulfonamides is 1. The molecule has 0 spiro atoms. The van der Waals surface area contributed by atoms with Gasteiger partial charge in [-0.05, 0) is 6.42 Å². The number of carbonyl (C=O) groups excluding carboxylic acids is 1. The fourth-order valence-electron chi connectivity index (χ4n) is 0.536. The minimum Gasteiger partial charge on any atom is -0.465 e. The van der Waals surface area contributed by atoms with Gasteiger partial charge in [-0.3, -0.25) is 4.79 Å². The number of sulfonamides is 1. The number of ether oxygens (including phenoxy) is 1. The van der Waals surface area contributed by atoms with Gasteiger partial charge in [-0.15, -0.1) is 0 Å². The van der Waals surface area contributed by atoms with E-state index in [2.05, 4.69) is 9.88 Å². The van der Waals surface area contributed by atoms with E-state index in [0.29, 0.717) is 0 Å². The molecule has 6 heteroatoms. The summed E-state index contributed by atoms with van der Waals surface area (Å²) < 4.78 is 25.3. The number of esters is 1. The number of rotatable bonds is 5. The van der Waals surface area contributed by atoms with Crippen LogP contribution in [0, 0.1) is 0 Å². The van der Waals surface area contributed by atoms with Gasteiger partial charge in [0.25, 0.3) is 0 Å². The summed E-state index contributed by atoms with van der Waals surface area (Å²) in [5, 5.41) is 4.61. The lowest BCUT2D eigenvalue weighted by molar-refractivity contribution is -0.140. The van der Waals surface area contributed by atoms with E-state index >= 15 is 0 Å². The molecule has 0 aliphatic heterocycles. The Kier molecular flexibility index (Phi) is 4.84. The highest BCUT2D eigenvalue weighted by molar-refractivity contribution is 7.89. The third kappa shape index (κ3) is 7.49. The fraction of sp³-hybridized carbons (Fsp3) is 0.833. The Hall–Kier alpha value is -0.620. The van der Waals surface area contributed by atoms with Crippen molar-refractivity contribution in [2.75, 3.05) is 12.4 Å². The summed E-state index contributed by atoms with van der Waals surface area (Å²) >= 11 is 0. The number of carbonyl (C=O) groups is 1. The summed E-state index contributed by atoms with van der Waals surface area (Å²) in [5.41, 5.74) is 0. The zero-order valence-electron chi connectivity index (χ0n) is 6.95. The van der Waals surface area contributed by atoms with Crippen LogP contribution in [0.5, 0.6) is 0 Å². The average molecular weight is 195 g/mol. The van der Waals surface area contributed by atoms with Crippen molar-refractivity contribution in [3.8, 4) is 0 Å². The van der Waals surface area contributed by atoms with Gasteiger partial charge in [0.1, 0.15) is 0 Å². The van der Waals surface area contributed by atoms with E-state index in [1.807, 2.05) is 6.92 Å². The van der Waals surface area contributed by atoms with Crippen molar-refractivity contribution in [1.29, 1.82) is 0 Å². The lowest BCUT2D eigenvalue weighted by Crippen LogP contribution is -2.24. The lowest BCUT2D eigenvalue weighted by Gasteiger charge is -2.01. The second-order valence-electron chi connectivity index (χ2n) is 2.38. The first-order chi connectivity index (χ1) is 5.45. The highest BCUT2D eigenvalue weighted by Crippen LogP contribution is 1.90. The largest absolute Gasteiger partial charge is 0.465 e. The Bertz CT molecular complexity index is 234. The van der Waals surface area contributed by atoms with Crippen molar-refractivity contribution in [3.05, 3.63) is 0 Å². The molecule has 0 saturated carbocycles. The van der Waals surface area contributed by atoms with Crippen LogP contribution in [-0.2, 0) is 19.6 Å². The molecule has 0 heterocycles. The van der Waals surface area contributed by atoms with Gasteiger partial charge in [-0.2, -0.15) is 0 Å². The van der Waals surface area contributed by atoms with E-state index in [1.54, 1.807) is 0 Å². The Morgan fingerprint density at radius 2 is 2.08 bits per heavy atom. The molecule has 0 saturated heterocycles. The van der Waals surface area contributed by atoms with Gasteiger partial charge in [-0.25, -0.2) is 13.6 Å². The Morgan fingerprint density at radius 3 is 2.50 bits per heavy atom. The molecular formula is C6H13NO4S. The van der Waals surface area contributed by atoms with E-state index < -0.39 is 21.7 Å². The van der Waals surface area contributed by atoms with Gasteiger partial charge in [0.15, 0.2) is 5.75 Å². The van der Waals surface area contributed by atoms with E-state index in [0.717, 1.165) is 12.8 Å². The molecule has 0 atom stereocenters. The summed E-state index contributed by atoms with van der Waals surface area (Å²) in [6.45, 7) is 2.19. The van der Waals surface area contributed by atoms with Crippen molar-refractivity contribution in [1.82, 2.24) is 0 Å². The van der Waals surface area contributed by atoms with Crippen LogP contribution in [0.3, 0.4) is 0 Å². The van der Waals surface area contributed by atoms with Crippen molar-refractivity contribution in [2.24, 2.45) is 5.14 Å². The van der Waals surface area contributed by atoms with Gasteiger partial charge in [0, 0.05) is 0 Å². The predicted molar refractivity (Wildman–Crippen MR) is 43.8 cm³/mol. The zero-order valence-corrected chi connectivity index (χ0v) is 7.76. The molecule has 5 nitrogen and oxygen atoms in total. The second kappa shape index (κ2) is 5.10. The predicted octanol–water partition coefficient (Wildman–Crippen LogP) is -0.382. The van der Waals surface area contributed by atoms with Crippen LogP contribution in [0.1, 0.15) is 19.8 Å². The lowest BCUT2D eigenvalue weighted by atomic mass is 10.4. The molecule has 12 heavy (non-hydrogen) atoms. The molecule has 0 bridgehead atoms. The maximum absolute atomic E-state index is 10.7. The summed E-state index contributed by atoms with van der Waals surface area (Å²) in [7, 11) is -3.74. The highest BCUT2D eigenvalue weighted by Gasteiger charge is 2.11. The Balaban J connectivity index is 3.62. The minimum atomic E-state index is -3.74. The molecule has 0 rings (SSSR count). The number of hydrogen-bond donors (Lipinski definition) is 1. The average Bonchev–Trinajstić information content (AvgIpc) is 1.84. The quantitative estimate of drug-likeness (QED) is 0.478. The van der Waals surface area contributed by atoms with Crippen LogP contribution in [0.25, 0.3) is 0 Å². The number of nitrogens with two attached hydrogens (primary N) is 1. The van der Waals surface area contributed by atoms with Crippen LogP contribution in [0.15, 0.2) is 0 Å². The Morgan fingerprint density at radius 1 is 1.50 bits per heavy atom. The fourth-order valence-corrected chi connectivity index (χ4v) is 0.948. The maximum atomic E-state index is 10.7. The normalized spacial score (nSPS) is 11.2. The number of hydrogen-bond acceptors (Lipinski definition) is 4. The molecule has 2 N–H and O–H groups in total. The summed E-state index contributed by atoms with van der Waals surface area (Å²) in [6.07, 6.45) is 1.62. The van der Waals surface area contributed by atoms with Gasteiger partial charge >= 0.3 is 5.97 Å². The van der Waals surface area contributed by atoms with Crippen molar-refractivity contribution in [3.63, 3.8) is 0 Å². The molecular weight excluding hydrogens is 182 g/mol. The van der Waals surface area contributed by atoms with E-state index in [-0.39, 0.29) is 6.61 Å². The van der Waals surface area contributed by atoms with Gasteiger partial charge in [0.05, 0.1) is 6.61 Å². The van der Waals surface area contributed by atoms with Gasteiger partial charge < -0.3 is 4.74 Å². The molecule has 0 amide bonds. The first-order valence-electron chi connectivity index (χ1n) is 3.62. The molecule has 0 aliphatic carbocycles. The molecule has 0 fully saturated rings. The van der Waals surface area contributed by atoms with Crippen LogP contribution in [0.4, 0.5) is 0 Å². The Labute approximate surface area is 71.9 Å². The van der Waals surface area contributed by atoms with E-state index in [1.165, 1.54) is 0 Å². The van der Waals surface area contributed by atoms with Crippen molar-refractivity contribution >= 4 is 16.0 Å². The summed E-state index contributed by atoms with van der Waals surface area (Å²) in [5.74, 6) is -1.53.